The van der Waals surface area contributed by atoms with Gasteiger partial charge in [0.05, 0.1) is 0 Å². The summed E-state index contributed by atoms with van der Waals surface area (Å²) >= 11 is 2.91. The summed E-state index contributed by atoms with van der Waals surface area (Å²) in [6, 6.07) is 0. The molecule has 0 saturated carbocycles. The Morgan fingerprint density at radius 1 is 1.71 bits per heavy atom. The van der Waals surface area contributed by atoms with Gasteiger partial charge in [0, 0.05) is 11.4 Å². The molecule has 2 unspecified atom stereocenters. The van der Waals surface area contributed by atoms with E-state index < -0.39 is 27.4 Å². The van der Waals surface area contributed by atoms with Crippen molar-refractivity contribution in [2.24, 2.45) is 0 Å². The van der Waals surface area contributed by atoms with Crippen molar-refractivity contribution in [3.05, 3.63) is 12.7 Å². The van der Waals surface area contributed by atoms with Gasteiger partial charge >= 0.3 is 5.97 Å². The predicted octanol–water partition coefficient (Wildman–Crippen LogP) is 0.755. The molecule has 82 valence electrons. The number of esters is 1. The highest BCUT2D eigenvalue weighted by atomic mass is 79.9. The van der Waals surface area contributed by atoms with Crippen LogP contribution in [0.2, 0.25) is 0 Å². The summed E-state index contributed by atoms with van der Waals surface area (Å²) in [5.74, 6) is -0.730. The van der Waals surface area contributed by atoms with Gasteiger partial charge in [-0.15, -0.1) is 0 Å². The first-order valence-electron chi connectivity index (χ1n) is 3.68. The van der Waals surface area contributed by atoms with Crippen LogP contribution in [0, 0.1) is 0 Å². The Balaban J connectivity index is 4.56. The number of halogens is 1. The van der Waals surface area contributed by atoms with Gasteiger partial charge in [-0.2, -0.15) is 8.42 Å². The molecular weight excluding hydrogens is 276 g/mol. The van der Waals surface area contributed by atoms with Crippen LogP contribution >= 0.6 is 15.9 Å². The van der Waals surface area contributed by atoms with Crippen molar-refractivity contribution < 1.29 is 22.5 Å². The first-order valence-corrected chi connectivity index (χ1v) is 6.30. The Morgan fingerprint density at radius 2 is 2.21 bits per heavy atom. The predicted molar refractivity (Wildman–Crippen MR) is 54.9 cm³/mol. The number of hydrogen-bond donors (Lipinski definition) is 1. The Bertz CT molecular complexity index is 310. The summed E-state index contributed by atoms with van der Waals surface area (Å²) < 4.78 is 35.0. The van der Waals surface area contributed by atoms with E-state index in [9.17, 15) is 13.2 Å². The van der Waals surface area contributed by atoms with E-state index >= 15 is 0 Å². The number of ether oxygens (including phenoxy) is 1. The molecule has 0 aromatic carbocycles. The monoisotopic (exact) mass is 286 g/mol. The van der Waals surface area contributed by atoms with Crippen molar-refractivity contribution >= 4 is 32.0 Å². The van der Waals surface area contributed by atoms with E-state index in [1.165, 1.54) is 6.92 Å². The molecule has 0 saturated heterocycles. The molecule has 2 atom stereocenters. The highest BCUT2D eigenvalue weighted by molar-refractivity contribution is 9.09. The van der Waals surface area contributed by atoms with E-state index in [1.807, 2.05) is 0 Å². The third kappa shape index (κ3) is 4.21. The number of rotatable bonds is 5. The minimum Gasteiger partial charge on any atom is -0.458 e. The van der Waals surface area contributed by atoms with Crippen molar-refractivity contribution in [2.45, 2.75) is 18.3 Å². The van der Waals surface area contributed by atoms with E-state index in [4.69, 9.17) is 4.55 Å². The molecule has 0 fully saturated rings. The summed E-state index contributed by atoms with van der Waals surface area (Å²) in [4.78, 5) is 10.7. The van der Waals surface area contributed by atoms with Gasteiger partial charge in [0.15, 0.2) is 0 Å². The molecule has 0 aliphatic carbocycles. The van der Waals surface area contributed by atoms with Gasteiger partial charge in [0.2, 0.25) is 0 Å². The van der Waals surface area contributed by atoms with Crippen molar-refractivity contribution in [1.82, 2.24) is 0 Å². The standard InChI is InChI=1S/C7H11BrO5S/c1-3-7(9)13-5(2)6(4-8)14(10,11)12/h3,5-6H,1,4H2,2H3,(H,10,11,12). The van der Waals surface area contributed by atoms with Gasteiger partial charge in [-0.25, -0.2) is 4.79 Å². The van der Waals surface area contributed by atoms with Crippen LogP contribution in [0.4, 0.5) is 0 Å². The molecule has 0 aromatic heterocycles. The molecule has 0 aliphatic rings. The van der Waals surface area contributed by atoms with Gasteiger partial charge in [-0.1, -0.05) is 22.5 Å². The molecule has 0 heterocycles. The normalized spacial score (nSPS) is 15.6. The van der Waals surface area contributed by atoms with Crippen LogP contribution in [0.25, 0.3) is 0 Å². The van der Waals surface area contributed by atoms with Crippen molar-refractivity contribution in [3.8, 4) is 0 Å². The molecule has 1 N–H and O–H groups in total. The lowest BCUT2D eigenvalue weighted by Gasteiger charge is -2.18. The molecule has 5 nitrogen and oxygen atoms in total. The highest BCUT2D eigenvalue weighted by Gasteiger charge is 2.30. The van der Waals surface area contributed by atoms with Gasteiger partial charge in [0.1, 0.15) is 11.4 Å². The van der Waals surface area contributed by atoms with Crippen molar-refractivity contribution in [2.75, 3.05) is 5.33 Å². The quantitative estimate of drug-likeness (QED) is 0.349. The maximum absolute atomic E-state index is 10.8. The van der Waals surface area contributed by atoms with E-state index in [-0.39, 0.29) is 5.33 Å². The van der Waals surface area contributed by atoms with E-state index in [0.29, 0.717) is 0 Å². The van der Waals surface area contributed by atoms with Gasteiger partial charge in [0.25, 0.3) is 10.1 Å². The second-order valence-electron chi connectivity index (χ2n) is 2.55. The van der Waals surface area contributed by atoms with Crippen LogP contribution in [0.1, 0.15) is 6.92 Å². The summed E-state index contributed by atoms with van der Waals surface area (Å²) in [7, 11) is -4.23. The Morgan fingerprint density at radius 3 is 2.50 bits per heavy atom. The zero-order valence-corrected chi connectivity index (χ0v) is 9.92. The zero-order valence-electron chi connectivity index (χ0n) is 7.51. The fraction of sp³-hybridized carbons (Fsp3) is 0.571. The Kier molecular flexibility index (Phi) is 5.32. The average molecular weight is 287 g/mol. The first-order chi connectivity index (χ1) is 6.32. The Labute approximate surface area is 91.0 Å². The zero-order chi connectivity index (χ0) is 11.4. The van der Waals surface area contributed by atoms with Crippen LogP contribution < -0.4 is 0 Å². The molecule has 14 heavy (non-hydrogen) atoms. The number of carbonyl (C=O) groups is 1. The van der Waals surface area contributed by atoms with E-state index in [0.717, 1.165) is 6.08 Å². The molecule has 0 radical (unpaired) electrons. The fourth-order valence-electron chi connectivity index (χ4n) is 0.754. The molecule has 0 spiro atoms. The Hall–Kier alpha value is -0.400. The first kappa shape index (κ1) is 13.6. The van der Waals surface area contributed by atoms with Crippen molar-refractivity contribution in [1.29, 1.82) is 0 Å². The summed E-state index contributed by atoms with van der Waals surface area (Å²) in [5.41, 5.74) is 0. The highest BCUT2D eigenvalue weighted by Crippen LogP contribution is 2.11. The second kappa shape index (κ2) is 5.47. The lowest BCUT2D eigenvalue weighted by atomic mass is 10.3. The maximum Gasteiger partial charge on any atom is 0.330 e. The lowest BCUT2D eigenvalue weighted by Crippen LogP contribution is -2.36. The van der Waals surface area contributed by atoms with Crippen LogP contribution in [0.5, 0.6) is 0 Å². The second-order valence-corrected chi connectivity index (χ2v) is 4.84. The molecule has 0 aliphatic heterocycles. The molecule has 7 heteroatoms. The minimum absolute atomic E-state index is 0.0164. The van der Waals surface area contributed by atoms with Gasteiger partial charge in [-0.3, -0.25) is 4.55 Å². The van der Waals surface area contributed by atoms with Crippen LogP contribution in [0.15, 0.2) is 12.7 Å². The van der Waals surface area contributed by atoms with Crippen LogP contribution in [0.3, 0.4) is 0 Å². The minimum atomic E-state index is -4.23. The van der Waals surface area contributed by atoms with Crippen LogP contribution in [-0.4, -0.2) is 35.6 Å². The largest absolute Gasteiger partial charge is 0.458 e. The topological polar surface area (TPSA) is 80.7 Å². The fourth-order valence-corrected chi connectivity index (χ4v) is 2.98. The third-order valence-corrected chi connectivity index (χ3v) is 3.97. The maximum atomic E-state index is 10.8. The van der Waals surface area contributed by atoms with Crippen LogP contribution in [-0.2, 0) is 19.6 Å². The number of hydrogen-bond acceptors (Lipinski definition) is 4. The van der Waals surface area contributed by atoms with E-state index in [2.05, 4.69) is 27.2 Å². The number of carbonyl (C=O) groups excluding carboxylic acids is 1. The molecule has 0 aromatic rings. The SMILES string of the molecule is C=CC(=O)OC(C)C(CBr)S(=O)(=O)O. The average Bonchev–Trinajstić information content (AvgIpc) is 2.02. The summed E-state index contributed by atoms with van der Waals surface area (Å²) in [6.45, 7) is 4.54. The number of alkyl halides is 1. The van der Waals surface area contributed by atoms with Crippen molar-refractivity contribution in [3.63, 3.8) is 0 Å². The summed E-state index contributed by atoms with van der Waals surface area (Å²) in [6.07, 6.45) is -0.0129. The molecule has 0 amide bonds. The summed E-state index contributed by atoms with van der Waals surface area (Å²) in [5, 5.41) is -1.19. The molecule has 0 bridgehead atoms. The van der Waals surface area contributed by atoms with E-state index in [1.54, 1.807) is 0 Å². The molecular formula is C7H11BrO5S. The van der Waals surface area contributed by atoms with Gasteiger partial charge in [-0.05, 0) is 6.92 Å². The smallest absolute Gasteiger partial charge is 0.330 e. The lowest BCUT2D eigenvalue weighted by molar-refractivity contribution is -0.141. The molecule has 0 rings (SSSR count). The van der Waals surface area contributed by atoms with Gasteiger partial charge < -0.3 is 4.74 Å². The third-order valence-electron chi connectivity index (χ3n) is 1.53.